The number of amides is 3. The van der Waals surface area contributed by atoms with E-state index in [0.29, 0.717) is 37.4 Å². The van der Waals surface area contributed by atoms with Crippen LogP contribution in [0.3, 0.4) is 0 Å². The lowest BCUT2D eigenvalue weighted by Crippen LogP contribution is -2.39. The first-order valence-electron chi connectivity index (χ1n) is 11.9. The Morgan fingerprint density at radius 2 is 1.97 bits per heavy atom. The normalized spacial score (nSPS) is 16.3. The van der Waals surface area contributed by atoms with Gasteiger partial charge in [0.1, 0.15) is 17.6 Å². The van der Waals surface area contributed by atoms with Crippen molar-refractivity contribution in [2.45, 2.75) is 39.3 Å². The number of halogens is 1. The lowest BCUT2D eigenvalue weighted by molar-refractivity contribution is 0.0788. The van der Waals surface area contributed by atoms with Gasteiger partial charge in [0.25, 0.3) is 5.91 Å². The van der Waals surface area contributed by atoms with Crippen molar-refractivity contribution in [3.8, 4) is 6.07 Å². The number of likely N-dealkylation sites (N-methyl/N-ethyl adjacent to an activating group) is 1. The van der Waals surface area contributed by atoms with Crippen molar-refractivity contribution in [1.82, 2.24) is 35.5 Å². The van der Waals surface area contributed by atoms with Gasteiger partial charge in [0.15, 0.2) is 0 Å². The summed E-state index contributed by atoms with van der Waals surface area (Å²) in [5.74, 6) is -0.730. The van der Waals surface area contributed by atoms with Crippen molar-refractivity contribution in [3.05, 3.63) is 64.5 Å². The van der Waals surface area contributed by atoms with Gasteiger partial charge in [-0.25, -0.2) is 9.18 Å². The number of aryl methyl sites for hydroxylation is 1. The van der Waals surface area contributed by atoms with Crippen LogP contribution < -0.4 is 11.5 Å². The van der Waals surface area contributed by atoms with E-state index in [2.05, 4.69) is 10.4 Å². The first kappa shape index (κ1) is 27.3. The minimum atomic E-state index is -0.641. The molecule has 4 N–H and O–H groups in total. The summed E-state index contributed by atoms with van der Waals surface area (Å²) in [6.07, 6.45) is 2.26. The van der Waals surface area contributed by atoms with Gasteiger partial charge >= 0.3 is 6.03 Å². The molecule has 0 aliphatic carbocycles. The maximum Gasteiger partial charge on any atom is 0.322 e. The Balaban J connectivity index is 0.00000124. The van der Waals surface area contributed by atoms with Crippen molar-refractivity contribution in [2.75, 3.05) is 25.5 Å². The van der Waals surface area contributed by atoms with E-state index in [1.807, 2.05) is 31.6 Å². The maximum absolute atomic E-state index is 13.6. The summed E-state index contributed by atoms with van der Waals surface area (Å²) in [6.45, 7) is 5.73. The van der Waals surface area contributed by atoms with Crippen molar-refractivity contribution in [1.29, 1.82) is 5.26 Å². The molecule has 2 aromatic heterocycles. The minimum Gasteiger partial charge on any atom is -0.344 e. The Hall–Kier alpha value is -4.24. The fraction of sp³-hybridized carbons (Fsp3) is 0.400. The highest BCUT2D eigenvalue weighted by atomic mass is 19.1. The Labute approximate surface area is 215 Å². The van der Waals surface area contributed by atoms with Crippen LogP contribution in [-0.2, 0) is 26.6 Å². The number of nitrogens with one attached hydrogen (secondary N) is 1. The summed E-state index contributed by atoms with van der Waals surface area (Å²) in [4.78, 5) is 29.5. The number of benzene rings is 1. The summed E-state index contributed by atoms with van der Waals surface area (Å²) in [5.41, 5.74) is 3.29. The third kappa shape index (κ3) is 5.17. The van der Waals surface area contributed by atoms with Gasteiger partial charge < -0.3 is 21.3 Å². The molecule has 37 heavy (non-hydrogen) atoms. The molecule has 0 saturated carbocycles. The smallest absolute Gasteiger partial charge is 0.322 e. The molecule has 0 spiro atoms. The molecule has 1 aromatic carbocycles. The quantitative estimate of drug-likeness (QED) is 0.542. The zero-order chi connectivity index (χ0) is 26.0. The van der Waals surface area contributed by atoms with E-state index in [1.54, 1.807) is 33.8 Å². The van der Waals surface area contributed by atoms with Crippen molar-refractivity contribution in [3.63, 3.8) is 0 Å². The lowest BCUT2D eigenvalue weighted by Gasteiger charge is -2.27. The number of hydrogen-bond donors (Lipinski definition) is 2. The molecular weight excluding hydrogens is 477 g/mol. The highest BCUT2D eigenvalue weighted by molar-refractivity contribution is 5.95. The van der Waals surface area contributed by atoms with E-state index in [9.17, 15) is 14.0 Å². The van der Waals surface area contributed by atoms with Crippen molar-refractivity contribution >= 4 is 17.6 Å². The first-order chi connectivity index (χ1) is 17.4. The van der Waals surface area contributed by atoms with Crippen LogP contribution in [0, 0.1) is 17.1 Å². The molecular formula is C25H32FN9O2. The van der Waals surface area contributed by atoms with Crippen LogP contribution in [0.4, 0.5) is 14.9 Å². The SMILES string of the molecule is CC.CN1CC(c2ccnn2C)Cn2nc3c(c2C1=O)CN(C(=O)Nc1ccc(F)c(C#N)c1)CC3.N. The average Bonchev–Trinajstić information content (AvgIpc) is 3.44. The number of nitrogens with zero attached hydrogens (tertiary/aromatic N) is 7. The van der Waals surface area contributed by atoms with Gasteiger partial charge in [-0.2, -0.15) is 15.5 Å². The molecule has 4 heterocycles. The van der Waals surface area contributed by atoms with E-state index in [1.165, 1.54) is 12.1 Å². The number of hydrogen-bond acceptors (Lipinski definition) is 6. The second-order valence-electron chi connectivity index (χ2n) is 8.63. The Bertz CT molecular complexity index is 1340. The van der Waals surface area contributed by atoms with Crippen molar-refractivity contribution in [2.24, 2.45) is 7.05 Å². The standard InChI is InChI=1S/C23H23FN8O2.C2H6.H3N/c1-29-11-15(20-5-7-26-30(20)2)12-32-21(22(29)33)17-13-31(8-6-19(17)28-32)23(34)27-16-3-4-18(24)14(9-16)10-25;1-2;/h3-5,7,9,15H,6,8,11-13H2,1-2H3,(H,27,34);1-2H3;1H3. The number of nitriles is 1. The minimum absolute atomic E-state index is 0. The fourth-order valence-corrected chi connectivity index (χ4v) is 4.69. The summed E-state index contributed by atoms with van der Waals surface area (Å²) in [6, 6.07) is 7.19. The Morgan fingerprint density at radius 1 is 1.22 bits per heavy atom. The van der Waals surface area contributed by atoms with E-state index < -0.39 is 5.82 Å². The Kier molecular flexibility index (Phi) is 8.29. The van der Waals surface area contributed by atoms with Crippen LogP contribution >= 0.6 is 0 Å². The highest BCUT2D eigenvalue weighted by Gasteiger charge is 2.35. The van der Waals surface area contributed by atoms with E-state index in [0.717, 1.165) is 23.0 Å². The van der Waals surface area contributed by atoms with Crippen LogP contribution in [0.1, 0.15) is 52.8 Å². The molecule has 1 unspecified atom stereocenters. The zero-order valence-electron chi connectivity index (χ0n) is 21.5. The van der Waals surface area contributed by atoms with Crippen LogP contribution in [0.25, 0.3) is 0 Å². The second-order valence-corrected chi connectivity index (χ2v) is 8.63. The third-order valence-corrected chi connectivity index (χ3v) is 6.44. The molecule has 3 aromatic rings. The average molecular weight is 510 g/mol. The number of aromatic nitrogens is 4. The van der Waals surface area contributed by atoms with Gasteiger partial charge in [-0.05, 0) is 24.3 Å². The number of carbonyl (C=O) groups excluding carboxylic acids is 2. The molecule has 2 aliphatic heterocycles. The van der Waals surface area contributed by atoms with Gasteiger partial charge in [-0.15, -0.1) is 0 Å². The van der Waals surface area contributed by atoms with Gasteiger partial charge in [0.05, 0.1) is 24.3 Å². The number of anilines is 1. The van der Waals surface area contributed by atoms with Gasteiger partial charge in [-0.3, -0.25) is 14.2 Å². The van der Waals surface area contributed by atoms with Crippen LogP contribution in [0.15, 0.2) is 30.5 Å². The molecule has 5 rings (SSSR count). The highest BCUT2D eigenvalue weighted by Crippen LogP contribution is 2.30. The topological polar surface area (TPSA) is 147 Å². The van der Waals surface area contributed by atoms with E-state index >= 15 is 0 Å². The molecule has 3 amide bonds. The van der Waals surface area contributed by atoms with Crippen LogP contribution in [0.5, 0.6) is 0 Å². The monoisotopic (exact) mass is 509 g/mol. The molecule has 0 saturated heterocycles. The van der Waals surface area contributed by atoms with Crippen molar-refractivity contribution < 1.29 is 14.0 Å². The number of urea groups is 1. The van der Waals surface area contributed by atoms with E-state index in [-0.39, 0.29) is 36.1 Å². The number of rotatable bonds is 2. The molecule has 12 heteroatoms. The second kappa shape index (κ2) is 11.2. The van der Waals surface area contributed by atoms with Gasteiger partial charge in [-0.1, -0.05) is 13.8 Å². The molecule has 2 aliphatic rings. The fourth-order valence-electron chi connectivity index (χ4n) is 4.69. The zero-order valence-corrected chi connectivity index (χ0v) is 21.5. The Morgan fingerprint density at radius 3 is 2.65 bits per heavy atom. The van der Waals surface area contributed by atoms with E-state index in [4.69, 9.17) is 10.4 Å². The van der Waals surface area contributed by atoms with Gasteiger partial charge in [0.2, 0.25) is 0 Å². The lowest BCUT2D eigenvalue weighted by atomic mass is 10.0. The molecule has 0 fully saturated rings. The number of carbonyl (C=O) groups is 2. The summed E-state index contributed by atoms with van der Waals surface area (Å²) in [5, 5.41) is 20.7. The predicted molar refractivity (Wildman–Crippen MR) is 136 cm³/mol. The predicted octanol–water partition coefficient (Wildman–Crippen LogP) is 3.28. The first-order valence-corrected chi connectivity index (χ1v) is 11.9. The molecule has 1 atom stereocenters. The van der Waals surface area contributed by atoms with Crippen LogP contribution in [-0.4, -0.2) is 61.4 Å². The molecule has 0 radical (unpaired) electrons. The molecule has 11 nitrogen and oxygen atoms in total. The maximum atomic E-state index is 13.6. The molecule has 196 valence electrons. The summed E-state index contributed by atoms with van der Waals surface area (Å²) < 4.78 is 17.2. The summed E-state index contributed by atoms with van der Waals surface area (Å²) in [7, 11) is 3.66. The largest absolute Gasteiger partial charge is 0.344 e. The molecule has 0 bridgehead atoms. The van der Waals surface area contributed by atoms with Gasteiger partial charge in [0, 0.05) is 62.7 Å². The summed E-state index contributed by atoms with van der Waals surface area (Å²) >= 11 is 0. The van der Waals surface area contributed by atoms with Crippen LogP contribution in [0.2, 0.25) is 0 Å². The third-order valence-electron chi connectivity index (χ3n) is 6.44. The number of fused-ring (bicyclic) bond motifs is 3.